The Morgan fingerprint density at radius 2 is 2.19 bits per heavy atom. The average Bonchev–Trinajstić information content (AvgIpc) is 2.47. The number of amides is 1. The van der Waals surface area contributed by atoms with Gasteiger partial charge >= 0.3 is 0 Å². The number of rotatable bonds is 2. The molecule has 2 rings (SSSR count). The van der Waals surface area contributed by atoms with E-state index in [-0.39, 0.29) is 18.1 Å². The monoisotopic (exact) mass is 284 g/mol. The van der Waals surface area contributed by atoms with Crippen LogP contribution in [0.15, 0.2) is 36.5 Å². The highest BCUT2D eigenvalue weighted by molar-refractivity contribution is 6.04. The third-order valence-electron chi connectivity index (χ3n) is 2.70. The fourth-order valence-electron chi connectivity index (χ4n) is 1.63. The molecular weight excluding hydrogens is 271 g/mol. The Kier molecular flexibility index (Phi) is 4.64. The Labute approximate surface area is 121 Å². The molecule has 1 heterocycles. The van der Waals surface area contributed by atoms with Crippen LogP contribution in [0.2, 0.25) is 0 Å². The summed E-state index contributed by atoms with van der Waals surface area (Å²) in [5.41, 5.74) is 1.70. The Bertz CT molecular complexity index is 715. The Morgan fingerprint density at radius 1 is 1.38 bits per heavy atom. The number of anilines is 1. The maximum atomic E-state index is 13.7. The van der Waals surface area contributed by atoms with Crippen molar-refractivity contribution in [2.75, 3.05) is 11.9 Å². The fourth-order valence-corrected chi connectivity index (χ4v) is 1.63. The van der Waals surface area contributed by atoms with E-state index in [1.54, 1.807) is 18.2 Å². The van der Waals surface area contributed by atoms with Crippen LogP contribution in [-0.2, 0) is 0 Å². The van der Waals surface area contributed by atoms with Crippen molar-refractivity contribution in [3.8, 4) is 11.8 Å². The van der Waals surface area contributed by atoms with Gasteiger partial charge in [0.1, 0.15) is 12.4 Å². The molecule has 0 unspecified atom stereocenters. The highest BCUT2D eigenvalue weighted by atomic mass is 19.1. The van der Waals surface area contributed by atoms with Crippen LogP contribution in [0.5, 0.6) is 0 Å². The largest absolute Gasteiger partial charge is 0.384 e. The first-order valence-electron chi connectivity index (χ1n) is 6.23. The lowest BCUT2D eigenvalue weighted by Gasteiger charge is -2.06. The quantitative estimate of drug-likeness (QED) is 0.830. The van der Waals surface area contributed by atoms with Crippen LogP contribution in [0.25, 0.3) is 0 Å². The van der Waals surface area contributed by atoms with Crippen molar-refractivity contribution in [3.05, 3.63) is 59.2 Å². The standard InChI is InChI=1S/C16H13FN2O2/c1-11-4-5-13(10-18-11)16(21)19-14-7-6-12(3-2-8-20)15(17)9-14/h4-7,9-10,20H,8H2,1H3,(H,19,21). The molecule has 0 aliphatic heterocycles. The van der Waals surface area contributed by atoms with E-state index in [2.05, 4.69) is 22.1 Å². The molecule has 1 amide bonds. The molecule has 4 nitrogen and oxygen atoms in total. The number of benzene rings is 1. The lowest BCUT2D eigenvalue weighted by Crippen LogP contribution is -2.12. The topological polar surface area (TPSA) is 62.2 Å². The van der Waals surface area contributed by atoms with Gasteiger partial charge in [-0.15, -0.1) is 0 Å². The number of carbonyl (C=O) groups excluding carboxylic acids is 1. The van der Waals surface area contributed by atoms with E-state index in [1.807, 2.05) is 6.92 Å². The van der Waals surface area contributed by atoms with Crippen molar-refractivity contribution >= 4 is 11.6 Å². The zero-order chi connectivity index (χ0) is 15.2. The number of aromatic nitrogens is 1. The van der Waals surface area contributed by atoms with Crippen molar-refractivity contribution in [2.24, 2.45) is 0 Å². The first-order valence-corrected chi connectivity index (χ1v) is 6.23. The van der Waals surface area contributed by atoms with Gasteiger partial charge in [-0.2, -0.15) is 0 Å². The summed E-state index contributed by atoms with van der Waals surface area (Å²) in [6.07, 6.45) is 1.46. The lowest BCUT2D eigenvalue weighted by molar-refractivity contribution is 0.102. The summed E-state index contributed by atoms with van der Waals surface area (Å²) in [6.45, 7) is 1.49. The van der Waals surface area contributed by atoms with E-state index in [1.165, 1.54) is 18.3 Å². The van der Waals surface area contributed by atoms with Crippen molar-refractivity contribution in [3.63, 3.8) is 0 Å². The number of aliphatic hydroxyl groups is 1. The number of hydrogen-bond acceptors (Lipinski definition) is 3. The molecule has 1 aromatic carbocycles. The first-order chi connectivity index (χ1) is 10.1. The molecule has 0 aliphatic carbocycles. The molecule has 0 atom stereocenters. The van der Waals surface area contributed by atoms with Gasteiger partial charge < -0.3 is 10.4 Å². The predicted molar refractivity (Wildman–Crippen MR) is 77.3 cm³/mol. The summed E-state index contributed by atoms with van der Waals surface area (Å²) < 4.78 is 13.7. The van der Waals surface area contributed by atoms with Crippen LogP contribution in [-0.4, -0.2) is 22.6 Å². The molecule has 0 aliphatic rings. The molecule has 21 heavy (non-hydrogen) atoms. The molecule has 0 fully saturated rings. The van der Waals surface area contributed by atoms with E-state index in [0.717, 1.165) is 5.69 Å². The summed E-state index contributed by atoms with van der Waals surface area (Å²) in [5.74, 6) is 3.93. The third kappa shape index (κ3) is 3.88. The van der Waals surface area contributed by atoms with Crippen LogP contribution in [0.3, 0.4) is 0 Å². The Balaban J connectivity index is 2.14. The van der Waals surface area contributed by atoms with E-state index in [4.69, 9.17) is 5.11 Å². The molecule has 106 valence electrons. The Morgan fingerprint density at radius 3 is 2.81 bits per heavy atom. The second kappa shape index (κ2) is 6.64. The van der Waals surface area contributed by atoms with E-state index < -0.39 is 5.82 Å². The summed E-state index contributed by atoms with van der Waals surface area (Å²) in [6, 6.07) is 7.55. The molecule has 1 aromatic heterocycles. The maximum Gasteiger partial charge on any atom is 0.257 e. The molecular formula is C16H13FN2O2. The van der Waals surface area contributed by atoms with Crippen LogP contribution in [0.1, 0.15) is 21.6 Å². The Hall–Kier alpha value is -2.71. The van der Waals surface area contributed by atoms with Crippen LogP contribution >= 0.6 is 0 Å². The number of pyridine rings is 1. The summed E-state index contributed by atoms with van der Waals surface area (Å²) >= 11 is 0. The molecule has 2 N–H and O–H groups in total. The number of nitrogens with one attached hydrogen (secondary N) is 1. The van der Waals surface area contributed by atoms with Gasteiger partial charge in [-0.3, -0.25) is 9.78 Å². The minimum atomic E-state index is -0.559. The van der Waals surface area contributed by atoms with Crippen LogP contribution < -0.4 is 5.32 Å². The van der Waals surface area contributed by atoms with Crippen molar-refractivity contribution in [1.29, 1.82) is 0 Å². The number of halogens is 1. The summed E-state index contributed by atoms with van der Waals surface area (Å²) in [5, 5.41) is 11.2. The van der Waals surface area contributed by atoms with Gasteiger partial charge in [0.25, 0.3) is 5.91 Å². The minimum Gasteiger partial charge on any atom is -0.384 e. The number of nitrogens with zero attached hydrogens (tertiary/aromatic N) is 1. The van der Waals surface area contributed by atoms with Crippen LogP contribution in [0, 0.1) is 24.6 Å². The van der Waals surface area contributed by atoms with Crippen molar-refractivity contribution < 1.29 is 14.3 Å². The molecule has 5 heteroatoms. The average molecular weight is 284 g/mol. The molecule has 2 aromatic rings. The SMILES string of the molecule is Cc1ccc(C(=O)Nc2ccc(C#CCO)c(F)c2)cn1. The summed E-state index contributed by atoms with van der Waals surface area (Å²) in [4.78, 5) is 16.0. The first kappa shape index (κ1) is 14.7. The van der Waals surface area contributed by atoms with Gasteiger partial charge in [0.05, 0.1) is 11.1 Å². The maximum absolute atomic E-state index is 13.7. The number of carbonyl (C=O) groups is 1. The van der Waals surface area contributed by atoms with Gasteiger partial charge in [0.15, 0.2) is 0 Å². The second-order valence-corrected chi connectivity index (χ2v) is 4.30. The second-order valence-electron chi connectivity index (χ2n) is 4.30. The fraction of sp³-hybridized carbons (Fsp3) is 0.125. The highest BCUT2D eigenvalue weighted by Gasteiger charge is 2.08. The number of aryl methyl sites for hydroxylation is 1. The molecule has 0 radical (unpaired) electrons. The third-order valence-corrected chi connectivity index (χ3v) is 2.70. The zero-order valence-electron chi connectivity index (χ0n) is 11.4. The van der Waals surface area contributed by atoms with Gasteiger partial charge in [0, 0.05) is 17.6 Å². The molecule has 0 saturated carbocycles. The predicted octanol–water partition coefficient (Wildman–Crippen LogP) is 2.13. The molecule has 0 bridgehead atoms. The summed E-state index contributed by atoms with van der Waals surface area (Å²) in [7, 11) is 0. The van der Waals surface area contributed by atoms with Gasteiger partial charge in [0.2, 0.25) is 0 Å². The van der Waals surface area contributed by atoms with Crippen LogP contribution in [0.4, 0.5) is 10.1 Å². The lowest BCUT2D eigenvalue weighted by atomic mass is 10.2. The van der Waals surface area contributed by atoms with Crippen molar-refractivity contribution in [1.82, 2.24) is 4.98 Å². The zero-order valence-corrected chi connectivity index (χ0v) is 11.4. The number of hydrogen-bond donors (Lipinski definition) is 2. The van der Waals surface area contributed by atoms with E-state index in [9.17, 15) is 9.18 Å². The van der Waals surface area contributed by atoms with E-state index in [0.29, 0.717) is 11.3 Å². The minimum absolute atomic E-state index is 0.166. The van der Waals surface area contributed by atoms with E-state index >= 15 is 0 Å². The molecule has 0 spiro atoms. The number of aliphatic hydroxyl groups excluding tert-OH is 1. The highest BCUT2D eigenvalue weighted by Crippen LogP contribution is 2.15. The normalized spacial score (nSPS) is 9.67. The van der Waals surface area contributed by atoms with Gasteiger partial charge in [-0.05, 0) is 37.3 Å². The smallest absolute Gasteiger partial charge is 0.257 e. The van der Waals surface area contributed by atoms with Gasteiger partial charge in [-0.1, -0.05) is 11.8 Å². The van der Waals surface area contributed by atoms with Crippen molar-refractivity contribution in [2.45, 2.75) is 6.92 Å². The molecule has 0 saturated heterocycles. The van der Waals surface area contributed by atoms with Gasteiger partial charge in [-0.25, -0.2) is 4.39 Å².